The van der Waals surface area contributed by atoms with Crippen LogP contribution in [0.25, 0.3) is 22.3 Å². The maximum Gasteiger partial charge on any atom is 0.282 e. The lowest BCUT2D eigenvalue weighted by Crippen LogP contribution is -2.43. The van der Waals surface area contributed by atoms with Gasteiger partial charge >= 0.3 is 0 Å². The first-order valence-electron chi connectivity index (χ1n) is 13.8. The summed E-state index contributed by atoms with van der Waals surface area (Å²) in [6.07, 6.45) is 1.63. The van der Waals surface area contributed by atoms with E-state index < -0.39 is 0 Å². The minimum absolute atomic E-state index is 0.0372. The maximum absolute atomic E-state index is 13.7. The fourth-order valence-electron chi connectivity index (χ4n) is 4.85. The van der Waals surface area contributed by atoms with E-state index in [1.165, 1.54) is 4.68 Å². The molecule has 1 aromatic heterocycles. The monoisotopic (exact) mass is 680 g/mol. The van der Waals surface area contributed by atoms with Crippen molar-refractivity contribution in [1.29, 1.82) is 0 Å². The fraction of sp³-hybridized carbons (Fsp3) is 0.312. The molecule has 0 spiro atoms. The molecule has 0 atom stereocenters. The van der Waals surface area contributed by atoms with E-state index in [9.17, 15) is 9.59 Å². The first-order chi connectivity index (χ1) is 20.3. The second-order valence-corrected chi connectivity index (χ2v) is 11.5. The molecule has 10 heteroatoms. The Morgan fingerprint density at radius 1 is 1.12 bits per heavy atom. The highest BCUT2D eigenvalue weighted by molar-refractivity contribution is 14.1. The van der Waals surface area contributed by atoms with Crippen LogP contribution in [0.15, 0.2) is 64.5 Å². The van der Waals surface area contributed by atoms with Crippen LogP contribution in [-0.4, -0.2) is 66.7 Å². The minimum atomic E-state index is -0.260. The van der Waals surface area contributed by atoms with Crippen molar-refractivity contribution in [2.24, 2.45) is 5.10 Å². The number of hydrogen-bond acceptors (Lipinski definition) is 7. The smallest absolute Gasteiger partial charge is 0.282 e. The summed E-state index contributed by atoms with van der Waals surface area (Å²) in [5.41, 5.74) is 3.87. The zero-order chi connectivity index (χ0) is 29.8. The van der Waals surface area contributed by atoms with Crippen molar-refractivity contribution >= 4 is 45.6 Å². The Balaban J connectivity index is 1.48. The van der Waals surface area contributed by atoms with Gasteiger partial charge in [-0.3, -0.25) is 9.59 Å². The summed E-state index contributed by atoms with van der Waals surface area (Å²) >= 11 is 2.17. The Labute approximate surface area is 258 Å². The Morgan fingerprint density at radius 3 is 2.60 bits per heavy atom. The third-order valence-corrected chi connectivity index (χ3v) is 8.03. The summed E-state index contributed by atoms with van der Waals surface area (Å²) in [5.74, 6) is 2.00. The van der Waals surface area contributed by atoms with Crippen LogP contribution >= 0.6 is 22.6 Å². The van der Waals surface area contributed by atoms with Crippen LogP contribution in [0.4, 0.5) is 0 Å². The predicted molar refractivity (Wildman–Crippen MR) is 172 cm³/mol. The molecule has 1 aliphatic heterocycles. The lowest BCUT2D eigenvalue weighted by atomic mass is 9.96. The Hall–Kier alpha value is -3.77. The molecule has 42 heavy (non-hydrogen) atoms. The van der Waals surface area contributed by atoms with Gasteiger partial charge in [0, 0.05) is 18.7 Å². The van der Waals surface area contributed by atoms with Crippen molar-refractivity contribution in [1.82, 2.24) is 14.6 Å². The first-order valence-corrected chi connectivity index (χ1v) is 14.9. The molecule has 0 unspecified atom stereocenters. The highest BCUT2D eigenvalue weighted by Crippen LogP contribution is 2.34. The SMILES string of the molecule is COc1cc(C)c(-c2nc3ccccc3c(=O)n2N=Cc2ccc(OCC(=O)N3CCOCC3)c(I)c2)cc1C(C)C. The number of methoxy groups -OCH3 is 1. The first kappa shape index (κ1) is 29.7. The number of ether oxygens (including phenoxy) is 3. The maximum atomic E-state index is 13.7. The van der Waals surface area contributed by atoms with Crippen molar-refractivity contribution in [3.05, 3.63) is 85.2 Å². The van der Waals surface area contributed by atoms with E-state index in [4.69, 9.17) is 19.2 Å². The number of carbonyl (C=O) groups excluding carboxylic acids is 1. The van der Waals surface area contributed by atoms with Gasteiger partial charge < -0.3 is 19.1 Å². The van der Waals surface area contributed by atoms with E-state index >= 15 is 0 Å². The molecule has 1 aliphatic rings. The van der Waals surface area contributed by atoms with Crippen molar-refractivity contribution in [3.63, 3.8) is 0 Å². The van der Waals surface area contributed by atoms with Crippen LogP contribution in [-0.2, 0) is 9.53 Å². The molecule has 1 fully saturated rings. The molecule has 9 nitrogen and oxygen atoms in total. The van der Waals surface area contributed by atoms with Crippen molar-refractivity contribution in [3.8, 4) is 22.9 Å². The summed E-state index contributed by atoms with van der Waals surface area (Å²) in [7, 11) is 1.66. The van der Waals surface area contributed by atoms with Gasteiger partial charge in [0.2, 0.25) is 0 Å². The summed E-state index contributed by atoms with van der Waals surface area (Å²) in [6.45, 7) is 8.39. The number of carbonyl (C=O) groups is 1. The topological polar surface area (TPSA) is 95.2 Å². The molecule has 1 saturated heterocycles. The summed E-state index contributed by atoms with van der Waals surface area (Å²) < 4.78 is 18.9. The predicted octanol–water partition coefficient (Wildman–Crippen LogP) is 5.23. The lowest BCUT2D eigenvalue weighted by Gasteiger charge is -2.26. The van der Waals surface area contributed by atoms with E-state index in [0.717, 1.165) is 31.6 Å². The molecule has 218 valence electrons. The highest BCUT2D eigenvalue weighted by atomic mass is 127. The molecule has 0 saturated carbocycles. The van der Waals surface area contributed by atoms with Crippen molar-refractivity contribution in [2.75, 3.05) is 40.0 Å². The molecule has 4 aromatic rings. The molecule has 3 aromatic carbocycles. The molecular weight excluding hydrogens is 647 g/mol. The molecule has 5 rings (SSSR count). The van der Waals surface area contributed by atoms with E-state index in [0.29, 0.717) is 48.8 Å². The largest absolute Gasteiger partial charge is 0.496 e. The van der Waals surface area contributed by atoms with Gasteiger partial charge in [0.25, 0.3) is 11.5 Å². The fourth-order valence-corrected chi connectivity index (χ4v) is 5.55. The van der Waals surface area contributed by atoms with E-state index in [1.54, 1.807) is 30.4 Å². The van der Waals surface area contributed by atoms with Gasteiger partial charge in [-0.1, -0.05) is 26.0 Å². The molecule has 0 aliphatic carbocycles. The number of aryl methyl sites for hydroxylation is 1. The zero-order valence-electron chi connectivity index (χ0n) is 24.1. The van der Waals surface area contributed by atoms with Gasteiger partial charge in [-0.05, 0) is 94.6 Å². The number of para-hydroxylation sites is 1. The number of hydrogen-bond donors (Lipinski definition) is 0. The number of benzene rings is 3. The number of rotatable bonds is 8. The number of morpholine rings is 1. The Kier molecular flexibility index (Phi) is 9.22. The third-order valence-electron chi connectivity index (χ3n) is 7.19. The van der Waals surface area contributed by atoms with Gasteiger partial charge in [0.15, 0.2) is 12.4 Å². The molecule has 2 heterocycles. The average Bonchev–Trinajstić information content (AvgIpc) is 3.00. The molecular formula is C32H33IN4O5. The van der Waals surface area contributed by atoms with Crippen LogP contribution in [0.2, 0.25) is 0 Å². The minimum Gasteiger partial charge on any atom is -0.496 e. The quantitative estimate of drug-likeness (QED) is 0.187. The number of aromatic nitrogens is 2. The number of fused-ring (bicyclic) bond motifs is 1. The van der Waals surface area contributed by atoms with E-state index in [-0.39, 0.29) is 24.0 Å². The van der Waals surface area contributed by atoms with Crippen molar-refractivity contribution < 1.29 is 19.0 Å². The van der Waals surface area contributed by atoms with Crippen LogP contribution in [0.3, 0.4) is 0 Å². The van der Waals surface area contributed by atoms with Gasteiger partial charge in [-0.25, -0.2) is 4.98 Å². The summed E-state index contributed by atoms with van der Waals surface area (Å²) in [5, 5.41) is 5.12. The Morgan fingerprint density at radius 2 is 1.88 bits per heavy atom. The second-order valence-electron chi connectivity index (χ2n) is 10.3. The second kappa shape index (κ2) is 13.0. The Bertz CT molecular complexity index is 1710. The van der Waals surface area contributed by atoms with Crippen LogP contribution in [0.1, 0.15) is 36.5 Å². The average molecular weight is 681 g/mol. The molecule has 0 radical (unpaired) electrons. The standard InChI is InChI=1S/C32H33IN4O5/c1-20(2)24-17-25(21(3)15-29(24)40-4)31-35-27-8-6-5-7-23(27)32(39)37(31)34-18-22-9-10-28(26(33)16-22)42-19-30(38)36-11-13-41-14-12-36/h5-10,15-18,20H,11-14,19H2,1-4H3. The normalized spacial score (nSPS) is 13.7. The lowest BCUT2D eigenvalue weighted by molar-refractivity contribution is -0.137. The number of amides is 1. The van der Waals surface area contributed by atoms with Crippen LogP contribution in [0, 0.1) is 10.5 Å². The van der Waals surface area contributed by atoms with E-state index in [1.807, 2.05) is 49.4 Å². The third kappa shape index (κ3) is 6.34. The van der Waals surface area contributed by atoms with Crippen LogP contribution in [0.5, 0.6) is 11.5 Å². The molecule has 0 N–H and O–H groups in total. The van der Waals surface area contributed by atoms with Gasteiger partial charge in [0.05, 0.1) is 41.0 Å². The van der Waals surface area contributed by atoms with E-state index in [2.05, 4.69) is 41.5 Å². The number of halogens is 1. The molecule has 1 amide bonds. The zero-order valence-corrected chi connectivity index (χ0v) is 26.3. The summed E-state index contributed by atoms with van der Waals surface area (Å²) in [4.78, 5) is 32.8. The number of nitrogens with zero attached hydrogens (tertiary/aromatic N) is 4. The van der Waals surface area contributed by atoms with Gasteiger partial charge in [0.1, 0.15) is 11.5 Å². The van der Waals surface area contributed by atoms with Crippen LogP contribution < -0.4 is 15.0 Å². The van der Waals surface area contributed by atoms with Gasteiger partial charge in [-0.15, -0.1) is 0 Å². The molecule has 0 bridgehead atoms. The summed E-state index contributed by atoms with van der Waals surface area (Å²) in [6, 6.07) is 16.8. The highest BCUT2D eigenvalue weighted by Gasteiger charge is 2.19. The van der Waals surface area contributed by atoms with Crippen molar-refractivity contribution in [2.45, 2.75) is 26.7 Å². The van der Waals surface area contributed by atoms with Gasteiger partial charge in [-0.2, -0.15) is 9.78 Å².